The molecule has 5 nitrogen and oxygen atoms in total. The van der Waals surface area contributed by atoms with Crippen molar-refractivity contribution in [1.82, 2.24) is 9.78 Å². The SMILES string of the molecule is C=Cn1nc(-c2cc(F)ccc2[N+](=O)[O-])c2ccccc21. The van der Waals surface area contributed by atoms with E-state index in [0.717, 1.165) is 23.7 Å². The average molecular weight is 283 g/mol. The zero-order valence-electron chi connectivity index (χ0n) is 10.9. The minimum Gasteiger partial charge on any atom is -0.258 e. The van der Waals surface area contributed by atoms with Gasteiger partial charge in [-0.15, -0.1) is 0 Å². The zero-order valence-corrected chi connectivity index (χ0v) is 10.9. The van der Waals surface area contributed by atoms with Crippen LogP contribution in [0.3, 0.4) is 0 Å². The summed E-state index contributed by atoms with van der Waals surface area (Å²) in [6.07, 6.45) is 1.50. The molecule has 104 valence electrons. The van der Waals surface area contributed by atoms with E-state index < -0.39 is 10.7 Å². The van der Waals surface area contributed by atoms with Crippen molar-refractivity contribution in [1.29, 1.82) is 0 Å². The van der Waals surface area contributed by atoms with Gasteiger partial charge >= 0.3 is 0 Å². The van der Waals surface area contributed by atoms with Crippen LogP contribution in [0.1, 0.15) is 0 Å². The van der Waals surface area contributed by atoms with Gasteiger partial charge in [0.25, 0.3) is 5.69 Å². The third-order valence-electron chi connectivity index (χ3n) is 3.20. The molecule has 3 aromatic rings. The molecule has 6 heteroatoms. The molecule has 0 N–H and O–H groups in total. The highest BCUT2D eigenvalue weighted by Gasteiger charge is 2.21. The molecule has 1 heterocycles. The van der Waals surface area contributed by atoms with Crippen molar-refractivity contribution >= 4 is 22.8 Å². The molecule has 0 saturated heterocycles. The molecule has 0 bridgehead atoms. The molecule has 2 aromatic carbocycles. The molecule has 0 aliphatic rings. The van der Waals surface area contributed by atoms with Crippen LogP contribution in [0.2, 0.25) is 0 Å². The van der Waals surface area contributed by atoms with Gasteiger partial charge in [-0.1, -0.05) is 24.8 Å². The second-order valence-corrected chi connectivity index (χ2v) is 4.41. The van der Waals surface area contributed by atoms with E-state index in [4.69, 9.17) is 0 Å². The van der Waals surface area contributed by atoms with Crippen LogP contribution in [0.15, 0.2) is 49.0 Å². The summed E-state index contributed by atoms with van der Waals surface area (Å²) in [4.78, 5) is 10.6. The molecule has 0 fully saturated rings. The molecule has 1 aromatic heterocycles. The fourth-order valence-corrected chi connectivity index (χ4v) is 2.28. The fourth-order valence-electron chi connectivity index (χ4n) is 2.28. The minimum absolute atomic E-state index is 0.150. The average Bonchev–Trinajstić information content (AvgIpc) is 2.85. The lowest BCUT2D eigenvalue weighted by atomic mass is 10.1. The smallest absolute Gasteiger partial charge is 0.258 e. The Labute approximate surface area is 119 Å². The molecular formula is C15H10FN3O2. The van der Waals surface area contributed by atoms with Crippen LogP contribution in [0, 0.1) is 15.9 Å². The zero-order chi connectivity index (χ0) is 15.0. The van der Waals surface area contributed by atoms with Gasteiger partial charge in [-0.05, 0) is 18.2 Å². The first-order valence-corrected chi connectivity index (χ1v) is 6.16. The van der Waals surface area contributed by atoms with Crippen LogP contribution in [-0.4, -0.2) is 14.7 Å². The Hall–Kier alpha value is -3.02. The number of nitrogens with zero attached hydrogens (tertiary/aromatic N) is 3. The van der Waals surface area contributed by atoms with E-state index in [0.29, 0.717) is 11.1 Å². The van der Waals surface area contributed by atoms with Gasteiger partial charge in [-0.25, -0.2) is 9.07 Å². The van der Waals surface area contributed by atoms with E-state index in [1.807, 2.05) is 12.1 Å². The molecule has 3 rings (SSSR count). The lowest BCUT2D eigenvalue weighted by Crippen LogP contribution is -1.94. The summed E-state index contributed by atoms with van der Waals surface area (Å²) < 4.78 is 15.0. The second-order valence-electron chi connectivity index (χ2n) is 4.41. The molecule has 0 radical (unpaired) electrons. The Bertz CT molecular complexity index is 870. The van der Waals surface area contributed by atoms with Gasteiger partial charge in [0.2, 0.25) is 0 Å². The van der Waals surface area contributed by atoms with Gasteiger partial charge in [0, 0.05) is 17.7 Å². The van der Waals surface area contributed by atoms with Crippen molar-refractivity contribution in [3.05, 3.63) is 65.0 Å². The number of fused-ring (bicyclic) bond motifs is 1. The Morgan fingerprint density at radius 2 is 2.05 bits per heavy atom. The van der Waals surface area contributed by atoms with Crippen LogP contribution in [-0.2, 0) is 0 Å². The number of halogens is 1. The summed E-state index contributed by atoms with van der Waals surface area (Å²) in [6.45, 7) is 3.66. The Kier molecular flexibility index (Phi) is 2.98. The Morgan fingerprint density at radius 3 is 2.76 bits per heavy atom. The number of hydrogen-bond donors (Lipinski definition) is 0. The predicted octanol–water partition coefficient (Wildman–Crippen LogP) is 3.85. The summed E-state index contributed by atoms with van der Waals surface area (Å²) in [6, 6.07) is 10.6. The van der Waals surface area contributed by atoms with Crippen LogP contribution in [0.4, 0.5) is 10.1 Å². The molecule has 0 atom stereocenters. The van der Waals surface area contributed by atoms with Gasteiger partial charge in [0.05, 0.1) is 16.0 Å². The number of benzene rings is 2. The maximum Gasteiger partial charge on any atom is 0.279 e. The molecule has 0 unspecified atom stereocenters. The predicted molar refractivity (Wildman–Crippen MR) is 78.2 cm³/mol. The van der Waals surface area contributed by atoms with Crippen molar-refractivity contribution in [3.63, 3.8) is 0 Å². The quantitative estimate of drug-likeness (QED) is 0.541. The fraction of sp³-hybridized carbons (Fsp3) is 0. The van der Waals surface area contributed by atoms with Gasteiger partial charge < -0.3 is 0 Å². The molecule has 0 spiro atoms. The third-order valence-corrected chi connectivity index (χ3v) is 3.20. The third kappa shape index (κ3) is 2.06. The molecule has 0 amide bonds. The summed E-state index contributed by atoms with van der Waals surface area (Å²) in [5, 5.41) is 16.1. The van der Waals surface area contributed by atoms with Crippen molar-refractivity contribution in [2.24, 2.45) is 0 Å². The number of hydrogen-bond acceptors (Lipinski definition) is 3. The van der Waals surface area contributed by atoms with Crippen LogP contribution < -0.4 is 0 Å². The highest BCUT2D eigenvalue weighted by atomic mass is 19.1. The lowest BCUT2D eigenvalue weighted by molar-refractivity contribution is -0.384. The molecule has 21 heavy (non-hydrogen) atoms. The summed E-state index contributed by atoms with van der Waals surface area (Å²) >= 11 is 0. The number of para-hydroxylation sites is 1. The largest absolute Gasteiger partial charge is 0.279 e. The van der Waals surface area contributed by atoms with Crippen molar-refractivity contribution < 1.29 is 9.31 Å². The highest BCUT2D eigenvalue weighted by molar-refractivity contribution is 5.96. The molecule has 0 aliphatic carbocycles. The monoisotopic (exact) mass is 283 g/mol. The molecule has 0 saturated carbocycles. The second kappa shape index (κ2) is 4.82. The number of nitro benzene ring substituents is 1. The van der Waals surface area contributed by atoms with Crippen molar-refractivity contribution in [3.8, 4) is 11.3 Å². The van der Waals surface area contributed by atoms with Crippen LogP contribution in [0.25, 0.3) is 28.4 Å². The first-order valence-electron chi connectivity index (χ1n) is 6.16. The van der Waals surface area contributed by atoms with E-state index in [9.17, 15) is 14.5 Å². The van der Waals surface area contributed by atoms with Crippen LogP contribution in [0.5, 0.6) is 0 Å². The number of nitro groups is 1. The highest BCUT2D eigenvalue weighted by Crippen LogP contribution is 2.34. The first-order chi connectivity index (χ1) is 10.1. The Morgan fingerprint density at radius 1 is 1.29 bits per heavy atom. The van der Waals surface area contributed by atoms with Crippen molar-refractivity contribution in [2.75, 3.05) is 0 Å². The first kappa shape index (κ1) is 13.0. The van der Waals surface area contributed by atoms with Crippen LogP contribution >= 0.6 is 0 Å². The number of rotatable bonds is 3. The van der Waals surface area contributed by atoms with E-state index in [-0.39, 0.29) is 11.3 Å². The summed E-state index contributed by atoms with van der Waals surface area (Å²) in [5.74, 6) is -0.548. The van der Waals surface area contributed by atoms with E-state index >= 15 is 0 Å². The van der Waals surface area contributed by atoms with Crippen molar-refractivity contribution in [2.45, 2.75) is 0 Å². The molecular weight excluding hydrogens is 273 g/mol. The Balaban J connectivity index is 2.38. The normalized spacial score (nSPS) is 10.7. The van der Waals surface area contributed by atoms with Gasteiger partial charge in [-0.2, -0.15) is 5.10 Å². The van der Waals surface area contributed by atoms with Gasteiger partial charge in [-0.3, -0.25) is 10.1 Å². The summed E-state index contributed by atoms with van der Waals surface area (Å²) in [5.41, 5.74) is 1.07. The molecule has 0 aliphatic heterocycles. The van der Waals surface area contributed by atoms with Gasteiger partial charge in [0.15, 0.2) is 0 Å². The standard InChI is InChI=1S/C15H10FN3O2/c1-2-18-13-6-4-3-5-11(13)15(17-18)12-9-10(16)7-8-14(12)19(20)21/h2-9H,1H2. The maximum absolute atomic E-state index is 13.5. The maximum atomic E-state index is 13.5. The van der Waals surface area contributed by atoms with Gasteiger partial charge in [0.1, 0.15) is 11.5 Å². The van der Waals surface area contributed by atoms with E-state index in [2.05, 4.69) is 11.7 Å². The topological polar surface area (TPSA) is 61.0 Å². The van der Waals surface area contributed by atoms with E-state index in [1.54, 1.807) is 12.1 Å². The number of aromatic nitrogens is 2. The summed E-state index contributed by atoms with van der Waals surface area (Å²) in [7, 11) is 0. The van der Waals surface area contributed by atoms with E-state index in [1.165, 1.54) is 10.9 Å². The lowest BCUT2D eigenvalue weighted by Gasteiger charge is -2.00. The minimum atomic E-state index is -0.548.